The molecule has 13 heavy (non-hydrogen) atoms. The third kappa shape index (κ3) is 4.65. The summed E-state index contributed by atoms with van der Waals surface area (Å²) in [7, 11) is -3.05. The molecule has 0 spiro atoms. The van der Waals surface area contributed by atoms with Crippen LogP contribution in [0.15, 0.2) is 24.3 Å². The van der Waals surface area contributed by atoms with Crippen molar-refractivity contribution < 1.29 is 8.42 Å². The summed E-state index contributed by atoms with van der Waals surface area (Å²) in [6.45, 7) is 0.447. The first kappa shape index (κ1) is 10.2. The van der Waals surface area contributed by atoms with Gasteiger partial charge in [0, 0.05) is 6.54 Å². The Morgan fingerprint density at radius 2 is 2.00 bits per heavy atom. The Balaban J connectivity index is 2.37. The summed E-state index contributed by atoms with van der Waals surface area (Å²) >= 11 is 0. The molecule has 4 heteroatoms. The number of sulfonamides is 1. The van der Waals surface area contributed by atoms with E-state index >= 15 is 0 Å². The molecule has 0 saturated heterocycles. The van der Waals surface area contributed by atoms with Crippen LogP contribution in [-0.2, 0) is 16.4 Å². The number of hydrogen-bond acceptors (Lipinski definition) is 2. The molecule has 0 unspecified atom stereocenters. The van der Waals surface area contributed by atoms with Crippen molar-refractivity contribution in [2.75, 3.05) is 12.8 Å². The highest BCUT2D eigenvalue weighted by molar-refractivity contribution is 7.88. The van der Waals surface area contributed by atoms with Gasteiger partial charge in [0.25, 0.3) is 0 Å². The lowest BCUT2D eigenvalue weighted by atomic mass is 10.2. The fourth-order valence-electron chi connectivity index (χ4n) is 0.969. The third-order valence-corrected chi connectivity index (χ3v) is 2.29. The summed E-state index contributed by atoms with van der Waals surface area (Å²) in [5.74, 6) is 0. The Kier molecular flexibility index (Phi) is 3.45. The lowest BCUT2D eigenvalue weighted by molar-refractivity contribution is 0.588. The molecule has 1 rings (SSSR count). The largest absolute Gasteiger partial charge is 0.215 e. The van der Waals surface area contributed by atoms with Crippen LogP contribution in [0.5, 0.6) is 0 Å². The second-order valence-corrected chi connectivity index (χ2v) is 4.66. The SMILES string of the molecule is CS(=O)(=O)NCCc1cc[c]cc1. The normalized spacial score (nSPS) is 11.5. The lowest BCUT2D eigenvalue weighted by Crippen LogP contribution is -2.24. The minimum atomic E-state index is -3.05. The van der Waals surface area contributed by atoms with Gasteiger partial charge in [-0.3, -0.25) is 0 Å². The van der Waals surface area contributed by atoms with E-state index in [1.54, 1.807) is 0 Å². The van der Waals surface area contributed by atoms with E-state index in [4.69, 9.17) is 0 Å². The van der Waals surface area contributed by atoms with E-state index in [0.717, 1.165) is 11.8 Å². The molecule has 0 amide bonds. The maximum atomic E-state index is 10.7. The fourth-order valence-corrected chi connectivity index (χ4v) is 1.44. The number of hydrogen-bond donors (Lipinski definition) is 1. The van der Waals surface area contributed by atoms with Crippen LogP contribution in [-0.4, -0.2) is 21.2 Å². The van der Waals surface area contributed by atoms with Crippen molar-refractivity contribution in [1.29, 1.82) is 0 Å². The predicted molar refractivity (Wildman–Crippen MR) is 51.8 cm³/mol. The van der Waals surface area contributed by atoms with E-state index < -0.39 is 10.0 Å². The van der Waals surface area contributed by atoms with Crippen LogP contribution in [0.2, 0.25) is 0 Å². The molecule has 0 aliphatic carbocycles. The van der Waals surface area contributed by atoms with E-state index in [2.05, 4.69) is 10.8 Å². The number of benzene rings is 1. The standard InChI is InChI=1S/C9H12NO2S/c1-13(11,12)10-8-7-9-5-3-2-4-6-9/h3-6,10H,7-8H2,1H3. The van der Waals surface area contributed by atoms with E-state index in [1.807, 2.05) is 24.3 Å². The summed E-state index contributed by atoms with van der Waals surface area (Å²) in [6.07, 6.45) is 1.87. The highest BCUT2D eigenvalue weighted by Gasteiger charge is 1.98. The zero-order valence-corrected chi connectivity index (χ0v) is 8.26. The van der Waals surface area contributed by atoms with Gasteiger partial charge in [-0.05, 0) is 18.1 Å². The summed E-state index contributed by atoms with van der Waals surface area (Å²) in [5.41, 5.74) is 1.11. The topological polar surface area (TPSA) is 46.2 Å². The van der Waals surface area contributed by atoms with Crippen molar-refractivity contribution in [3.05, 3.63) is 35.9 Å². The van der Waals surface area contributed by atoms with Crippen LogP contribution in [0.1, 0.15) is 5.56 Å². The molecule has 0 saturated carbocycles. The average Bonchev–Trinajstić information content (AvgIpc) is 2.04. The molecule has 0 aliphatic rings. The van der Waals surface area contributed by atoms with Crippen molar-refractivity contribution in [2.45, 2.75) is 6.42 Å². The van der Waals surface area contributed by atoms with E-state index in [0.29, 0.717) is 13.0 Å². The lowest BCUT2D eigenvalue weighted by Gasteiger charge is -2.01. The number of rotatable bonds is 4. The minimum absolute atomic E-state index is 0.447. The minimum Gasteiger partial charge on any atom is -0.215 e. The second kappa shape index (κ2) is 4.39. The van der Waals surface area contributed by atoms with Gasteiger partial charge in [0.15, 0.2) is 0 Å². The van der Waals surface area contributed by atoms with Crippen LogP contribution in [0, 0.1) is 6.07 Å². The van der Waals surface area contributed by atoms with Crippen LogP contribution in [0.3, 0.4) is 0 Å². The van der Waals surface area contributed by atoms with E-state index in [-0.39, 0.29) is 0 Å². The zero-order chi connectivity index (χ0) is 9.73. The van der Waals surface area contributed by atoms with E-state index in [1.165, 1.54) is 0 Å². The first-order valence-electron chi connectivity index (χ1n) is 3.97. The first-order chi connectivity index (χ1) is 6.08. The van der Waals surface area contributed by atoms with Crippen molar-refractivity contribution in [3.63, 3.8) is 0 Å². The zero-order valence-electron chi connectivity index (χ0n) is 7.45. The molecular weight excluding hydrogens is 186 g/mol. The van der Waals surface area contributed by atoms with Crippen LogP contribution >= 0.6 is 0 Å². The Bertz CT molecular complexity index is 345. The molecule has 0 fully saturated rings. The van der Waals surface area contributed by atoms with Crippen molar-refractivity contribution in [3.8, 4) is 0 Å². The molecule has 1 radical (unpaired) electrons. The Morgan fingerprint density at radius 3 is 2.54 bits per heavy atom. The molecule has 0 bridgehead atoms. The van der Waals surface area contributed by atoms with Crippen LogP contribution in [0.4, 0.5) is 0 Å². The fraction of sp³-hybridized carbons (Fsp3) is 0.333. The molecule has 71 valence electrons. The highest BCUT2D eigenvalue weighted by Crippen LogP contribution is 1.97. The smallest absolute Gasteiger partial charge is 0.208 e. The molecule has 0 heterocycles. The monoisotopic (exact) mass is 198 g/mol. The van der Waals surface area contributed by atoms with Gasteiger partial charge in [0.05, 0.1) is 6.26 Å². The molecule has 1 aromatic rings. The summed E-state index contributed by atoms with van der Waals surface area (Å²) < 4.78 is 23.8. The molecule has 0 aromatic heterocycles. The predicted octanol–water partition coefficient (Wildman–Crippen LogP) is 0.578. The molecule has 0 aliphatic heterocycles. The van der Waals surface area contributed by atoms with Gasteiger partial charge in [-0.15, -0.1) is 0 Å². The summed E-state index contributed by atoms with van der Waals surface area (Å²) in [5, 5.41) is 0. The third-order valence-electron chi connectivity index (χ3n) is 1.57. The molecule has 1 N–H and O–H groups in total. The van der Waals surface area contributed by atoms with Gasteiger partial charge in [-0.1, -0.05) is 24.3 Å². The van der Waals surface area contributed by atoms with Crippen molar-refractivity contribution in [2.24, 2.45) is 0 Å². The molecule has 1 aromatic carbocycles. The Morgan fingerprint density at radius 1 is 1.38 bits per heavy atom. The van der Waals surface area contributed by atoms with Gasteiger partial charge in [-0.25, -0.2) is 13.1 Å². The average molecular weight is 198 g/mol. The quantitative estimate of drug-likeness (QED) is 0.769. The van der Waals surface area contributed by atoms with Gasteiger partial charge >= 0.3 is 0 Å². The van der Waals surface area contributed by atoms with E-state index in [9.17, 15) is 8.42 Å². The summed E-state index contributed by atoms with van der Waals surface area (Å²) in [4.78, 5) is 0. The highest BCUT2D eigenvalue weighted by atomic mass is 32.2. The van der Waals surface area contributed by atoms with Crippen molar-refractivity contribution >= 4 is 10.0 Å². The van der Waals surface area contributed by atoms with Gasteiger partial charge in [0.1, 0.15) is 0 Å². The Hall–Kier alpha value is -0.870. The maximum absolute atomic E-state index is 10.7. The van der Waals surface area contributed by atoms with Gasteiger partial charge in [0.2, 0.25) is 10.0 Å². The molecule has 3 nitrogen and oxygen atoms in total. The molecular formula is C9H12NO2S. The summed E-state index contributed by atoms with van der Waals surface area (Å²) in [6, 6.07) is 10.4. The van der Waals surface area contributed by atoms with Gasteiger partial charge in [-0.2, -0.15) is 0 Å². The maximum Gasteiger partial charge on any atom is 0.208 e. The van der Waals surface area contributed by atoms with Crippen molar-refractivity contribution in [1.82, 2.24) is 4.72 Å². The second-order valence-electron chi connectivity index (χ2n) is 2.82. The first-order valence-corrected chi connectivity index (χ1v) is 5.87. The van der Waals surface area contributed by atoms with Crippen LogP contribution in [0.25, 0.3) is 0 Å². The molecule has 0 atom stereocenters. The van der Waals surface area contributed by atoms with Crippen LogP contribution < -0.4 is 4.72 Å². The Labute approximate surface area is 78.8 Å². The number of nitrogens with one attached hydrogen (secondary N) is 1. The van der Waals surface area contributed by atoms with Gasteiger partial charge < -0.3 is 0 Å².